The standard InChI is InChI=1S/C16H24N2O3/c1-12(13-5-4-6-14(11-13)20-2)18-15(19)16(21-3)7-9-17-10-8-16/h4-6,11-12,17H,7-10H2,1-3H3,(H,18,19). The Morgan fingerprint density at radius 1 is 1.33 bits per heavy atom. The zero-order valence-electron chi connectivity index (χ0n) is 12.9. The number of ether oxygens (including phenoxy) is 2. The molecule has 0 bridgehead atoms. The van der Waals surface area contributed by atoms with Gasteiger partial charge >= 0.3 is 0 Å². The number of hydrogen-bond donors (Lipinski definition) is 2. The predicted molar refractivity (Wildman–Crippen MR) is 81.4 cm³/mol. The normalized spacial score (nSPS) is 18.8. The minimum absolute atomic E-state index is 0.0400. The van der Waals surface area contributed by atoms with E-state index in [2.05, 4.69) is 10.6 Å². The Kier molecular flexibility index (Phi) is 5.20. The second-order valence-corrected chi connectivity index (χ2v) is 5.42. The van der Waals surface area contributed by atoms with Crippen LogP contribution in [0.1, 0.15) is 31.4 Å². The molecule has 116 valence electrons. The van der Waals surface area contributed by atoms with Gasteiger partial charge in [0.2, 0.25) is 0 Å². The van der Waals surface area contributed by atoms with Gasteiger partial charge in [-0.2, -0.15) is 0 Å². The van der Waals surface area contributed by atoms with E-state index in [0.717, 1.165) is 24.4 Å². The molecule has 1 amide bonds. The number of benzene rings is 1. The molecule has 2 rings (SSSR count). The summed E-state index contributed by atoms with van der Waals surface area (Å²) in [7, 11) is 3.25. The molecular formula is C16H24N2O3. The van der Waals surface area contributed by atoms with E-state index < -0.39 is 5.60 Å². The lowest BCUT2D eigenvalue weighted by Gasteiger charge is -2.35. The van der Waals surface area contributed by atoms with Gasteiger partial charge < -0.3 is 20.1 Å². The Morgan fingerprint density at radius 3 is 2.67 bits per heavy atom. The maximum absolute atomic E-state index is 12.6. The third-order valence-corrected chi connectivity index (χ3v) is 4.16. The summed E-state index contributed by atoms with van der Waals surface area (Å²) in [4.78, 5) is 12.6. The zero-order chi connectivity index (χ0) is 15.3. The molecule has 1 aromatic rings. The van der Waals surface area contributed by atoms with Crippen LogP contribution in [0.15, 0.2) is 24.3 Å². The minimum Gasteiger partial charge on any atom is -0.497 e. The van der Waals surface area contributed by atoms with Gasteiger partial charge in [-0.3, -0.25) is 4.79 Å². The second kappa shape index (κ2) is 6.91. The molecule has 1 atom stereocenters. The first-order valence-electron chi connectivity index (χ1n) is 7.32. The lowest BCUT2D eigenvalue weighted by atomic mass is 9.90. The van der Waals surface area contributed by atoms with Gasteiger partial charge in [-0.15, -0.1) is 0 Å². The summed E-state index contributed by atoms with van der Waals surface area (Å²) in [6.45, 7) is 3.57. The molecule has 5 nitrogen and oxygen atoms in total. The Balaban J connectivity index is 2.06. The molecule has 21 heavy (non-hydrogen) atoms. The van der Waals surface area contributed by atoms with Gasteiger partial charge in [0.25, 0.3) is 5.91 Å². The highest BCUT2D eigenvalue weighted by molar-refractivity contribution is 5.85. The van der Waals surface area contributed by atoms with Crippen LogP contribution in [0.4, 0.5) is 0 Å². The van der Waals surface area contributed by atoms with Crippen molar-refractivity contribution in [1.82, 2.24) is 10.6 Å². The molecular weight excluding hydrogens is 268 g/mol. The average Bonchev–Trinajstić information content (AvgIpc) is 2.55. The number of rotatable bonds is 5. The molecule has 1 aliphatic heterocycles. The number of methoxy groups -OCH3 is 2. The highest BCUT2D eigenvalue weighted by atomic mass is 16.5. The predicted octanol–water partition coefficient (Wildman–Crippen LogP) is 1.64. The zero-order valence-corrected chi connectivity index (χ0v) is 12.9. The van der Waals surface area contributed by atoms with E-state index in [-0.39, 0.29) is 11.9 Å². The maximum Gasteiger partial charge on any atom is 0.252 e. The Labute approximate surface area is 126 Å². The third-order valence-electron chi connectivity index (χ3n) is 4.16. The van der Waals surface area contributed by atoms with Crippen molar-refractivity contribution in [2.75, 3.05) is 27.3 Å². The van der Waals surface area contributed by atoms with Crippen molar-refractivity contribution >= 4 is 5.91 Å². The summed E-state index contributed by atoms with van der Waals surface area (Å²) in [6.07, 6.45) is 1.39. The van der Waals surface area contributed by atoms with Gasteiger partial charge in [0, 0.05) is 7.11 Å². The molecule has 0 aromatic heterocycles. The summed E-state index contributed by atoms with van der Waals surface area (Å²) in [5, 5.41) is 6.31. The fraction of sp³-hybridized carbons (Fsp3) is 0.562. The topological polar surface area (TPSA) is 59.6 Å². The molecule has 1 saturated heterocycles. The van der Waals surface area contributed by atoms with Crippen molar-refractivity contribution in [2.45, 2.75) is 31.4 Å². The molecule has 5 heteroatoms. The minimum atomic E-state index is -0.710. The summed E-state index contributed by atoms with van der Waals surface area (Å²) in [5.74, 6) is 0.749. The third kappa shape index (κ3) is 3.54. The van der Waals surface area contributed by atoms with Crippen LogP contribution >= 0.6 is 0 Å². The van der Waals surface area contributed by atoms with Crippen molar-refractivity contribution in [3.63, 3.8) is 0 Å². The molecule has 1 unspecified atom stereocenters. The van der Waals surface area contributed by atoms with Crippen molar-refractivity contribution < 1.29 is 14.3 Å². The maximum atomic E-state index is 12.6. The van der Waals surface area contributed by atoms with Crippen molar-refractivity contribution in [1.29, 1.82) is 0 Å². The van der Waals surface area contributed by atoms with Crippen molar-refractivity contribution in [3.05, 3.63) is 29.8 Å². The Morgan fingerprint density at radius 2 is 2.05 bits per heavy atom. The molecule has 0 spiro atoms. The lowest BCUT2D eigenvalue weighted by molar-refractivity contribution is -0.147. The molecule has 1 aromatic carbocycles. The van der Waals surface area contributed by atoms with Gasteiger partial charge in [0.1, 0.15) is 11.4 Å². The number of carbonyl (C=O) groups is 1. The smallest absolute Gasteiger partial charge is 0.252 e. The first kappa shape index (κ1) is 15.8. The van der Waals surface area contributed by atoms with Crippen LogP contribution in [0.2, 0.25) is 0 Å². The van der Waals surface area contributed by atoms with Crippen molar-refractivity contribution in [2.24, 2.45) is 0 Å². The molecule has 2 N–H and O–H groups in total. The van der Waals surface area contributed by atoms with Gasteiger partial charge in [-0.05, 0) is 50.6 Å². The number of hydrogen-bond acceptors (Lipinski definition) is 4. The first-order valence-corrected chi connectivity index (χ1v) is 7.32. The summed E-state index contributed by atoms with van der Waals surface area (Å²) < 4.78 is 10.8. The van der Waals surface area contributed by atoms with Gasteiger partial charge in [-0.25, -0.2) is 0 Å². The van der Waals surface area contributed by atoms with Gasteiger partial charge in [0.05, 0.1) is 13.2 Å². The molecule has 0 radical (unpaired) electrons. The summed E-state index contributed by atoms with van der Waals surface area (Å²) in [6, 6.07) is 7.64. The molecule has 0 aliphatic carbocycles. The fourth-order valence-electron chi connectivity index (χ4n) is 2.68. The van der Waals surface area contributed by atoms with E-state index in [1.807, 2.05) is 31.2 Å². The monoisotopic (exact) mass is 292 g/mol. The van der Waals surface area contributed by atoms with E-state index in [1.165, 1.54) is 0 Å². The number of carbonyl (C=O) groups excluding carboxylic acids is 1. The van der Waals surface area contributed by atoms with E-state index in [4.69, 9.17) is 9.47 Å². The lowest BCUT2D eigenvalue weighted by Crippen LogP contribution is -2.54. The first-order chi connectivity index (χ1) is 10.1. The highest BCUT2D eigenvalue weighted by Gasteiger charge is 2.40. The van der Waals surface area contributed by atoms with E-state index >= 15 is 0 Å². The molecule has 1 aliphatic rings. The Bertz CT molecular complexity index is 484. The summed E-state index contributed by atoms with van der Waals surface area (Å²) in [5.41, 5.74) is 0.307. The summed E-state index contributed by atoms with van der Waals surface area (Å²) >= 11 is 0. The average molecular weight is 292 g/mol. The number of nitrogens with one attached hydrogen (secondary N) is 2. The van der Waals surface area contributed by atoms with Crippen LogP contribution in [0.3, 0.4) is 0 Å². The largest absolute Gasteiger partial charge is 0.497 e. The van der Waals surface area contributed by atoms with Crippen LogP contribution in [0.25, 0.3) is 0 Å². The molecule has 1 fully saturated rings. The number of piperidine rings is 1. The van der Waals surface area contributed by atoms with Crippen LogP contribution in [0.5, 0.6) is 5.75 Å². The van der Waals surface area contributed by atoms with E-state index in [9.17, 15) is 4.79 Å². The SMILES string of the molecule is COc1cccc(C(C)NC(=O)C2(OC)CCNCC2)c1. The highest BCUT2D eigenvalue weighted by Crippen LogP contribution is 2.25. The Hall–Kier alpha value is -1.59. The molecule has 1 heterocycles. The van der Waals surface area contributed by atoms with Crippen LogP contribution in [-0.4, -0.2) is 38.8 Å². The van der Waals surface area contributed by atoms with Crippen LogP contribution in [0, 0.1) is 0 Å². The van der Waals surface area contributed by atoms with E-state index in [1.54, 1.807) is 14.2 Å². The number of amides is 1. The van der Waals surface area contributed by atoms with Gasteiger partial charge in [0.15, 0.2) is 0 Å². The second-order valence-electron chi connectivity index (χ2n) is 5.42. The van der Waals surface area contributed by atoms with Crippen LogP contribution < -0.4 is 15.4 Å². The van der Waals surface area contributed by atoms with Crippen LogP contribution in [-0.2, 0) is 9.53 Å². The fourth-order valence-corrected chi connectivity index (χ4v) is 2.68. The van der Waals surface area contributed by atoms with Gasteiger partial charge in [-0.1, -0.05) is 12.1 Å². The van der Waals surface area contributed by atoms with Crippen molar-refractivity contribution in [3.8, 4) is 5.75 Å². The quantitative estimate of drug-likeness (QED) is 0.866. The molecule has 0 saturated carbocycles. The van der Waals surface area contributed by atoms with E-state index in [0.29, 0.717) is 12.8 Å².